The number of nitrogens with two attached hydrogens (primary N) is 1. The van der Waals surface area contributed by atoms with Gasteiger partial charge in [0.2, 0.25) is 0 Å². The first kappa shape index (κ1) is 13.7. The average molecular weight is 270 g/mol. The largest absolute Gasteiger partial charge is 0.397 e. The van der Waals surface area contributed by atoms with E-state index in [0.717, 1.165) is 34.0 Å². The highest BCUT2D eigenvalue weighted by molar-refractivity contribution is 7.99. The average Bonchev–Trinajstić information content (AvgIpc) is 2.46. The van der Waals surface area contributed by atoms with Gasteiger partial charge in [0.25, 0.3) is 0 Å². The molecule has 0 unspecified atom stereocenters. The Hall–Kier alpha value is -1.74. The smallest absolute Gasteiger partial charge is 0.0629 e. The van der Waals surface area contributed by atoms with Gasteiger partial charge >= 0.3 is 0 Å². The molecular weight excluding hydrogens is 252 g/mol. The highest BCUT2D eigenvalue weighted by Gasteiger charge is 2.03. The fraction of sp³-hybridized carbons (Fsp3) is 0.188. The van der Waals surface area contributed by atoms with E-state index in [4.69, 9.17) is 5.73 Å². The summed E-state index contributed by atoms with van der Waals surface area (Å²) in [5.41, 5.74) is 8.91. The van der Waals surface area contributed by atoms with Crippen LogP contribution in [0.5, 0.6) is 0 Å². The Balaban J connectivity index is 2.19. The molecule has 0 aromatic heterocycles. The van der Waals surface area contributed by atoms with E-state index in [2.05, 4.69) is 18.0 Å². The van der Waals surface area contributed by atoms with E-state index in [0.29, 0.717) is 0 Å². The summed E-state index contributed by atoms with van der Waals surface area (Å²) in [6, 6.07) is 16.0. The van der Waals surface area contributed by atoms with E-state index in [1.54, 1.807) is 11.8 Å². The van der Waals surface area contributed by atoms with Crippen molar-refractivity contribution in [2.75, 3.05) is 11.5 Å². The van der Waals surface area contributed by atoms with Gasteiger partial charge in [-0.1, -0.05) is 37.3 Å². The van der Waals surface area contributed by atoms with Crippen molar-refractivity contribution < 1.29 is 0 Å². The van der Waals surface area contributed by atoms with Gasteiger partial charge in [-0.2, -0.15) is 0 Å². The maximum absolute atomic E-state index is 6.18. The summed E-state index contributed by atoms with van der Waals surface area (Å²) >= 11 is 1.80. The Morgan fingerprint density at radius 2 is 1.89 bits per heavy atom. The number of rotatable bonds is 5. The lowest BCUT2D eigenvalue weighted by molar-refractivity contribution is 1.10. The molecule has 0 fully saturated rings. The lowest BCUT2D eigenvalue weighted by Crippen LogP contribution is -1.95. The van der Waals surface area contributed by atoms with Gasteiger partial charge in [0.15, 0.2) is 0 Å². The highest BCUT2D eigenvalue weighted by atomic mass is 32.2. The minimum Gasteiger partial charge on any atom is -0.397 e. The van der Waals surface area contributed by atoms with Crippen LogP contribution in [0.4, 0.5) is 11.4 Å². The van der Waals surface area contributed by atoms with E-state index >= 15 is 0 Å². The van der Waals surface area contributed by atoms with Crippen molar-refractivity contribution in [3.8, 4) is 0 Å². The summed E-state index contributed by atoms with van der Waals surface area (Å²) in [5, 5.41) is 0. The lowest BCUT2D eigenvalue weighted by Gasteiger charge is -2.07. The van der Waals surface area contributed by atoms with Gasteiger partial charge in [-0.3, -0.25) is 4.99 Å². The number of benzene rings is 2. The quantitative estimate of drug-likeness (QED) is 0.493. The second-order valence-corrected chi connectivity index (χ2v) is 5.34. The molecule has 0 bridgehead atoms. The van der Waals surface area contributed by atoms with E-state index in [-0.39, 0.29) is 0 Å². The molecule has 19 heavy (non-hydrogen) atoms. The number of nitrogens with zero attached hydrogens (tertiary/aromatic N) is 1. The zero-order valence-corrected chi connectivity index (χ0v) is 11.9. The number of anilines is 1. The van der Waals surface area contributed by atoms with Gasteiger partial charge in [0.05, 0.1) is 11.4 Å². The third kappa shape index (κ3) is 3.86. The third-order valence-electron chi connectivity index (χ3n) is 2.67. The number of hydrogen-bond acceptors (Lipinski definition) is 3. The van der Waals surface area contributed by atoms with Crippen molar-refractivity contribution in [1.82, 2.24) is 0 Å². The van der Waals surface area contributed by atoms with Crippen LogP contribution in [0.15, 0.2) is 58.4 Å². The van der Waals surface area contributed by atoms with Gasteiger partial charge in [-0.15, -0.1) is 11.8 Å². The van der Waals surface area contributed by atoms with Crippen molar-refractivity contribution in [3.05, 3.63) is 54.1 Å². The monoisotopic (exact) mass is 270 g/mol. The SMILES string of the molecule is CCCSc1cccc(C=Nc2ccccc2)c1N. The van der Waals surface area contributed by atoms with Crippen molar-refractivity contribution >= 4 is 29.4 Å². The van der Waals surface area contributed by atoms with Crippen LogP contribution in [0, 0.1) is 0 Å². The summed E-state index contributed by atoms with van der Waals surface area (Å²) in [7, 11) is 0. The molecule has 0 aliphatic heterocycles. The number of thioether (sulfide) groups is 1. The molecule has 2 aromatic carbocycles. The first-order valence-electron chi connectivity index (χ1n) is 6.41. The van der Waals surface area contributed by atoms with Crippen LogP contribution in [0.3, 0.4) is 0 Å². The van der Waals surface area contributed by atoms with Crippen LogP contribution in [0.1, 0.15) is 18.9 Å². The summed E-state index contributed by atoms with van der Waals surface area (Å²) in [6.07, 6.45) is 2.98. The topological polar surface area (TPSA) is 38.4 Å². The van der Waals surface area contributed by atoms with Crippen molar-refractivity contribution in [2.24, 2.45) is 4.99 Å². The fourth-order valence-electron chi connectivity index (χ4n) is 1.67. The molecule has 2 rings (SSSR count). The predicted molar refractivity (Wildman–Crippen MR) is 85.6 cm³/mol. The molecule has 0 amide bonds. The minimum atomic E-state index is 0.820. The molecule has 3 heteroatoms. The Morgan fingerprint density at radius 1 is 1.11 bits per heavy atom. The molecule has 0 atom stereocenters. The molecule has 2 N–H and O–H groups in total. The molecule has 2 aromatic rings. The summed E-state index contributed by atoms with van der Waals surface area (Å²) in [6.45, 7) is 2.17. The van der Waals surface area contributed by atoms with Crippen LogP contribution >= 0.6 is 11.8 Å². The van der Waals surface area contributed by atoms with Crippen LogP contribution in [-0.2, 0) is 0 Å². The van der Waals surface area contributed by atoms with Crippen LogP contribution in [-0.4, -0.2) is 12.0 Å². The standard InChI is InChI=1S/C16H18N2S/c1-2-11-19-15-10-6-7-13(16(15)17)12-18-14-8-4-3-5-9-14/h3-10,12H,2,11,17H2,1H3. The van der Waals surface area contributed by atoms with Crippen LogP contribution < -0.4 is 5.73 Å². The maximum Gasteiger partial charge on any atom is 0.0629 e. The van der Waals surface area contributed by atoms with E-state index in [9.17, 15) is 0 Å². The summed E-state index contributed by atoms with van der Waals surface area (Å²) in [4.78, 5) is 5.58. The Bertz CT molecular complexity index is 550. The molecule has 0 aliphatic rings. The maximum atomic E-state index is 6.18. The fourth-order valence-corrected chi connectivity index (χ4v) is 2.54. The Morgan fingerprint density at radius 3 is 2.63 bits per heavy atom. The zero-order chi connectivity index (χ0) is 13.5. The number of nitrogen functional groups attached to an aromatic ring is 1. The van der Waals surface area contributed by atoms with Gasteiger partial charge in [-0.05, 0) is 30.4 Å². The first-order chi connectivity index (χ1) is 9.31. The lowest BCUT2D eigenvalue weighted by atomic mass is 10.2. The van der Waals surface area contributed by atoms with Gasteiger partial charge < -0.3 is 5.73 Å². The molecule has 0 saturated heterocycles. The molecule has 0 spiro atoms. The molecule has 0 radical (unpaired) electrons. The normalized spacial score (nSPS) is 11.0. The number of aliphatic imine (C=N–C) groups is 1. The molecule has 0 aliphatic carbocycles. The van der Waals surface area contributed by atoms with Crippen LogP contribution in [0.2, 0.25) is 0 Å². The molecule has 2 nitrogen and oxygen atoms in total. The Labute approximate surface area is 118 Å². The van der Waals surface area contributed by atoms with Gasteiger partial charge in [0.1, 0.15) is 0 Å². The number of hydrogen-bond donors (Lipinski definition) is 1. The van der Waals surface area contributed by atoms with E-state index in [1.165, 1.54) is 0 Å². The molecular formula is C16H18N2S. The molecule has 0 saturated carbocycles. The molecule has 0 heterocycles. The second kappa shape index (κ2) is 7.00. The van der Waals surface area contributed by atoms with Crippen molar-refractivity contribution in [3.63, 3.8) is 0 Å². The first-order valence-corrected chi connectivity index (χ1v) is 7.40. The van der Waals surface area contributed by atoms with Crippen molar-refractivity contribution in [2.45, 2.75) is 18.2 Å². The summed E-state index contributed by atoms with van der Waals surface area (Å²) in [5.74, 6) is 1.09. The highest BCUT2D eigenvalue weighted by Crippen LogP contribution is 2.27. The minimum absolute atomic E-state index is 0.820. The summed E-state index contributed by atoms with van der Waals surface area (Å²) < 4.78 is 0. The number of para-hydroxylation sites is 2. The Kier molecular flexibility index (Phi) is 5.04. The third-order valence-corrected chi connectivity index (χ3v) is 3.95. The van der Waals surface area contributed by atoms with Gasteiger partial charge in [0, 0.05) is 16.7 Å². The van der Waals surface area contributed by atoms with E-state index < -0.39 is 0 Å². The zero-order valence-electron chi connectivity index (χ0n) is 11.0. The van der Waals surface area contributed by atoms with Gasteiger partial charge in [-0.25, -0.2) is 0 Å². The second-order valence-electron chi connectivity index (χ2n) is 4.20. The van der Waals surface area contributed by atoms with Crippen molar-refractivity contribution in [1.29, 1.82) is 0 Å². The van der Waals surface area contributed by atoms with Crippen LogP contribution in [0.25, 0.3) is 0 Å². The molecule has 98 valence electrons. The predicted octanol–water partition coefficient (Wildman–Crippen LogP) is 4.52. The van der Waals surface area contributed by atoms with E-state index in [1.807, 2.05) is 48.7 Å².